The van der Waals surface area contributed by atoms with E-state index in [0.29, 0.717) is 18.5 Å². The van der Waals surface area contributed by atoms with Crippen molar-refractivity contribution in [2.75, 3.05) is 37.6 Å². The second kappa shape index (κ2) is 16.6. The number of fused-ring (bicyclic) bond motifs is 1. The molecule has 0 radical (unpaired) electrons. The average molecular weight is 711 g/mol. The minimum atomic E-state index is -0.570. The monoisotopic (exact) mass is 710 g/mol. The van der Waals surface area contributed by atoms with Crippen molar-refractivity contribution in [1.29, 1.82) is 0 Å². The molecule has 3 amide bonds. The van der Waals surface area contributed by atoms with Crippen LogP contribution in [-0.2, 0) is 22.6 Å². The van der Waals surface area contributed by atoms with Gasteiger partial charge < -0.3 is 14.9 Å². The van der Waals surface area contributed by atoms with E-state index in [0.717, 1.165) is 63.1 Å². The van der Waals surface area contributed by atoms with E-state index in [9.17, 15) is 19.5 Å². The molecule has 4 aromatic carbocycles. The maximum Gasteiger partial charge on any atom is 0.255 e. The van der Waals surface area contributed by atoms with Gasteiger partial charge in [-0.25, -0.2) is 0 Å². The standard InChI is InChI=1S/C45H50N4O4/c1-2-39(33-11-7-5-8-12-33)43(35-16-20-38(50)21-17-35)34-14-18-37(19-15-34)48-28-26-47(27-29-48)25-9-4-3-6-10-32-13-22-40-36(30-32)31-49(45(40)53)41-23-24-42(51)46-44(41)52/h5,7-8,11-22,30,41,50H,2-4,6,9-10,23-29,31H2,1H3,(H,46,51,52)/b43-39+. The van der Waals surface area contributed by atoms with Gasteiger partial charge in [0.25, 0.3) is 5.91 Å². The number of aromatic hydroxyl groups is 1. The number of rotatable bonds is 13. The fourth-order valence-electron chi connectivity index (χ4n) is 8.18. The third-order valence-electron chi connectivity index (χ3n) is 11.1. The third-order valence-corrected chi connectivity index (χ3v) is 11.1. The number of phenolic OH excluding ortho intramolecular Hbond substituents is 1. The number of anilines is 1. The minimum Gasteiger partial charge on any atom is -0.508 e. The Morgan fingerprint density at radius 3 is 2.17 bits per heavy atom. The molecule has 3 heterocycles. The molecule has 53 heavy (non-hydrogen) atoms. The molecule has 4 aromatic rings. The first-order valence-electron chi connectivity index (χ1n) is 19.3. The number of piperazine rings is 1. The van der Waals surface area contributed by atoms with Crippen LogP contribution in [0, 0.1) is 0 Å². The van der Waals surface area contributed by atoms with Gasteiger partial charge in [-0.1, -0.05) is 86.5 Å². The molecule has 8 heteroatoms. The van der Waals surface area contributed by atoms with Gasteiger partial charge in [-0.15, -0.1) is 0 Å². The van der Waals surface area contributed by atoms with E-state index in [1.54, 1.807) is 17.0 Å². The second-order valence-corrected chi connectivity index (χ2v) is 14.6. The molecule has 2 fully saturated rings. The predicted octanol–water partition coefficient (Wildman–Crippen LogP) is 7.45. The highest BCUT2D eigenvalue weighted by Crippen LogP contribution is 2.36. The summed E-state index contributed by atoms with van der Waals surface area (Å²) in [6, 6.07) is 32.7. The van der Waals surface area contributed by atoms with Crippen molar-refractivity contribution in [2.24, 2.45) is 0 Å². The van der Waals surface area contributed by atoms with Crippen molar-refractivity contribution in [3.05, 3.63) is 130 Å². The molecule has 0 aliphatic carbocycles. The zero-order chi connectivity index (χ0) is 36.7. The van der Waals surface area contributed by atoms with Crippen molar-refractivity contribution >= 4 is 34.6 Å². The van der Waals surface area contributed by atoms with Crippen LogP contribution in [0.1, 0.15) is 90.0 Å². The molecule has 0 spiro atoms. The van der Waals surface area contributed by atoms with Gasteiger partial charge in [-0.3, -0.25) is 24.6 Å². The SMILES string of the molecule is CC/C(=C(\c1ccc(O)cc1)c1ccc(N2CCN(CCCCCCc3ccc4c(c3)CN(C3CCC(=O)NC3=O)C4=O)CC2)cc1)c1ccccc1. The number of phenols is 1. The number of nitrogens with one attached hydrogen (secondary N) is 1. The lowest BCUT2D eigenvalue weighted by atomic mass is 9.88. The molecule has 3 aliphatic heterocycles. The van der Waals surface area contributed by atoms with Crippen molar-refractivity contribution in [3.8, 4) is 5.75 Å². The molecular formula is C45H50N4O4. The maximum absolute atomic E-state index is 13.0. The van der Waals surface area contributed by atoms with Crippen LogP contribution >= 0.6 is 0 Å². The number of piperidine rings is 1. The highest BCUT2D eigenvalue weighted by molar-refractivity contribution is 6.05. The number of imide groups is 1. The number of hydrogen-bond acceptors (Lipinski definition) is 6. The second-order valence-electron chi connectivity index (χ2n) is 14.6. The van der Waals surface area contributed by atoms with Gasteiger partial charge >= 0.3 is 0 Å². The first-order valence-corrected chi connectivity index (χ1v) is 19.3. The van der Waals surface area contributed by atoms with Crippen LogP contribution in [0.3, 0.4) is 0 Å². The summed E-state index contributed by atoms with van der Waals surface area (Å²) in [6.07, 6.45) is 7.23. The summed E-state index contributed by atoms with van der Waals surface area (Å²) in [5, 5.41) is 12.3. The Morgan fingerprint density at radius 1 is 0.774 bits per heavy atom. The Bertz CT molecular complexity index is 1950. The van der Waals surface area contributed by atoms with Gasteiger partial charge in [-0.2, -0.15) is 0 Å². The summed E-state index contributed by atoms with van der Waals surface area (Å²) in [6.45, 7) is 7.94. The van der Waals surface area contributed by atoms with Crippen LogP contribution in [0.25, 0.3) is 11.1 Å². The zero-order valence-electron chi connectivity index (χ0n) is 30.7. The van der Waals surface area contributed by atoms with Crippen molar-refractivity contribution < 1.29 is 19.5 Å². The molecule has 274 valence electrons. The normalized spacial score (nSPS) is 18.2. The Morgan fingerprint density at radius 2 is 1.47 bits per heavy atom. The molecule has 0 aromatic heterocycles. The molecule has 1 atom stereocenters. The predicted molar refractivity (Wildman–Crippen MR) is 211 cm³/mol. The Labute approximate surface area is 313 Å². The number of aryl methyl sites for hydroxylation is 1. The van der Waals surface area contributed by atoms with Gasteiger partial charge in [0.05, 0.1) is 0 Å². The van der Waals surface area contributed by atoms with Crippen LogP contribution in [0.15, 0.2) is 97.1 Å². The topological polar surface area (TPSA) is 93.2 Å². The number of carbonyl (C=O) groups is 3. The lowest BCUT2D eigenvalue weighted by Crippen LogP contribution is -2.52. The van der Waals surface area contributed by atoms with Crippen LogP contribution < -0.4 is 10.2 Å². The van der Waals surface area contributed by atoms with Crippen LogP contribution in [-0.4, -0.2) is 71.4 Å². The first-order chi connectivity index (χ1) is 25.9. The third kappa shape index (κ3) is 8.39. The van der Waals surface area contributed by atoms with Crippen LogP contribution in [0.5, 0.6) is 5.75 Å². The summed E-state index contributed by atoms with van der Waals surface area (Å²) in [7, 11) is 0. The van der Waals surface area contributed by atoms with Gasteiger partial charge in [0.1, 0.15) is 11.8 Å². The molecule has 8 nitrogen and oxygen atoms in total. The largest absolute Gasteiger partial charge is 0.508 e. The quantitative estimate of drug-likeness (QED) is 0.0852. The lowest BCUT2D eigenvalue weighted by molar-refractivity contribution is -0.136. The van der Waals surface area contributed by atoms with Crippen LogP contribution in [0.2, 0.25) is 0 Å². The van der Waals surface area contributed by atoms with E-state index < -0.39 is 6.04 Å². The molecule has 1 unspecified atom stereocenters. The number of unbranched alkanes of at least 4 members (excludes halogenated alkanes) is 3. The molecular weight excluding hydrogens is 661 g/mol. The van der Waals surface area contributed by atoms with E-state index in [4.69, 9.17) is 0 Å². The lowest BCUT2D eigenvalue weighted by Gasteiger charge is -2.36. The van der Waals surface area contributed by atoms with E-state index >= 15 is 0 Å². The van der Waals surface area contributed by atoms with E-state index in [1.165, 1.54) is 52.8 Å². The van der Waals surface area contributed by atoms with Gasteiger partial charge in [0.2, 0.25) is 11.8 Å². The number of hydrogen-bond donors (Lipinski definition) is 2. The summed E-state index contributed by atoms with van der Waals surface area (Å²) in [4.78, 5) is 43.6. The number of nitrogens with zero attached hydrogens (tertiary/aromatic N) is 3. The van der Waals surface area contributed by atoms with E-state index in [2.05, 4.69) is 88.8 Å². The molecule has 7 rings (SSSR count). The van der Waals surface area contributed by atoms with E-state index in [1.807, 2.05) is 18.2 Å². The van der Waals surface area contributed by atoms with Gasteiger partial charge in [0, 0.05) is 50.4 Å². The fourth-order valence-corrected chi connectivity index (χ4v) is 8.18. The average Bonchev–Trinajstić information content (AvgIpc) is 3.51. The molecule has 0 saturated carbocycles. The maximum atomic E-state index is 13.0. The smallest absolute Gasteiger partial charge is 0.255 e. The van der Waals surface area contributed by atoms with Crippen molar-refractivity contribution in [2.45, 2.75) is 70.9 Å². The zero-order valence-corrected chi connectivity index (χ0v) is 30.7. The summed E-state index contributed by atoms with van der Waals surface area (Å²) in [5.74, 6) is -0.471. The Hall–Kier alpha value is -5.21. The summed E-state index contributed by atoms with van der Waals surface area (Å²) < 4.78 is 0. The minimum absolute atomic E-state index is 0.113. The number of amides is 3. The van der Waals surface area contributed by atoms with E-state index in [-0.39, 0.29) is 29.9 Å². The number of allylic oxidation sites excluding steroid dienone is 1. The van der Waals surface area contributed by atoms with Crippen molar-refractivity contribution in [3.63, 3.8) is 0 Å². The molecule has 2 N–H and O–H groups in total. The van der Waals surface area contributed by atoms with Gasteiger partial charge in [-0.05, 0) is 108 Å². The number of carbonyl (C=O) groups excluding carboxylic acids is 3. The Balaban J connectivity index is 0.860. The molecule has 2 saturated heterocycles. The van der Waals surface area contributed by atoms with Crippen LogP contribution in [0.4, 0.5) is 5.69 Å². The fraction of sp³-hybridized carbons (Fsp3) is 0.356. The first kappa shape index (κ1) is 36.2. The Kier molecular flexibility index (Phi) is 11.4. The highest BCUT2D eigenvalue weighted by atomic mass is 16.3. The molecule has 0 bridgehead atoms. The summed E-state index contributed by atoms with van der Waals surface area (Å²) in [5.41, 5.74) is 10.2. The highest BCUT2D eigenvalue weighted by Gasteiger charge is 2.39. The number of benzene rings is 4. The van der Waals surface area contributed by atoms with Gasteiger partial charge in [0.15, 0.2) is 0 Å². The van der Waals surface area contributed by atoms with Crippen molar-refractivity contribution in [1.82, 2.24) is 15.1 Å². The summed E-state index contributed by atoms with van der Waals surface area (Å²) >= 11 is 0. The molecule has 3 aliphatic rings.